The molecule has 7 nitrogen and oxygen atoms in total. The van der Waals surface area contributed by atoms with Gasteiger partial charge >= 0.3 is 6.09 Å². The Bertz CT molecular complexity index is 1310. The summed E-state index contributed by atoms with van der Waals surface area (Å²) < 4.78 is 21.1. The Labute approximate surface area is 205 Å². The number of pyridine rings is 1. The number of fused-ring (bicyclic) bond motifs is 1. The fourth-order valence-corrected chi connectivity index (χ4v) is 4.94. The van der Waals surface area contributed by atoms with E-state index in [0.29, 0.717) is 36.0 Å². The Morgan fingerprint density at radius 2 is 1.91 bits per heavy atom. The van der Waals surface area contributed by atoms with Crippen LogP contribution >= 0.6 is 22.9 Å². The molecule has 0 aliphatic carbocycles. The lowest BCUT2D eigenvalue weighted by molar-refractivity contribution is -0.135. The van der Waals surface area contributed by atoms with Crippen molar-refractivity contribution in [1.82, 2.24) is 14.4 Å². The van der Waals surface area contributed by atoms with Crippen LogP contribution in [0.15, 0.2) is 40.6 Å². The molecule has 1 fully saturated rings. The zero-order valence-corrected chi connectivity index (χ0v) is 20.7. The van der Waals surface area contributed by atoms with Crippen LogP contribution in [-0.2, 0) is 16.1 Å². The Kier molecular flexibility index (Phi) is 6.69. The van der Waals surface area contributed by atoms with Gasteiger partial charge in [-0.15, -0.1) is 11.3 Å². The number of carbonyl (C=O) groups is 2. The maximum atomic E-state index is 13.6. The first-order valence-corrected chi connectivity index (χ1v) is 12.1. The molecule has 0 spiro atoms. The summed E-state index contributed by atoms with van der Waals surface area (Å²) >= 11 is 7.33. The van der Waals surface area contributed by atoms with Crippen LogP contribution in [0.3, 0.4) is 0 Å². The van der Waals surface area contributed by atoms with Crippen molar-refractivity contribution in [1.29, 1.82) is 0 Å². The second-order valence-corrected chi connectivity index (χ2v) is 10.5. The van der Waals surface area contributed by atoms with Gasteiger partial charge in [0.1, 0.15) is 18.0 Å². The van der Waals surface area contributed by atoms with E-state index in [4.69, 9.17) is 16.3 Å². The average molecular weight is 506 g/mol. The first-order valence-electron chi connectivity index (χ1n) is 10.9. The summed E-state index contributed by atoms with van der Waals surface area (Å²) in [5, 5.41) is 2.26. The van der Waals surface area contributed by atoms with E-state index < -0.39 is 17.5 Å². The predicted octanol–water partition coefficient (Wildman–Crippen LogP) is 4.95. The third-order valence-electron chi connectivity index (χ3n) is 5.44. The molecular formula is C24H25ClFN3O4S. The van der Waals surface area contributed by atoms with Crippen molar-refractivity contribution in [2.75, 3.05) is 19.8 Å². The van der Waals surface area contributed by atoms with Gasteiger partial charge in [0, 0.05) is 34.9 Å². The third-order valence-corrected chi connectivity index (χ3v) is 6.68. The fraction of sp³-hybridized carbons (Fsp3) is 0.375. The molecule has 0 atom stereocenters. The fourth-order valence-electron chi connectivity index (χ4n) is 3.81. The van der Waals surface area contributed by atoms with Gasteiger partial charge < -0.3 is 14.2 Å². The molecule has 1 aliphatic rings. The number of halogens is 2. The van der Waals surface area contributed by atoms with Gasteiger partial charge in [-0.05, 0) is 51.0 Å². The summed E-state index contributed by atoms with van der Waals surface area (Å²) in [7, 11) is 0. The van der Waals surface area contributed by atoms with Gasteiger partial charge in [-0.1, -0.05) is 17.7 Å². The molecule has 3 heterocycles. The van der Waals surface area contributed by atoms with Crippen LogP contribution in [0.2, 0.25) is 5.02 Å². The number of hydrogen-bond donors (Lipinski definition) is 0. The molecule has 4 rings (SSSR count). The number of amides is 2. The van der Waals surface area contributed by atoms with Gasteiger partial charge in [0.15, 0.2) is 0 Å². The lowest BCUT2D eigenvalue weighted by Crippen LogP contribution is -2.51. The summed E-state index contributed by atoms with van der Waals surface area (Å²) in [4.78, 5) is 41.8. The van der Waals surface area contributed by atoms with Crippen molar-refractivity contribution in [3.63, 3.8) is 0 Å². The van der Waals surface area contributed by atoms with Crippen molar-refractivity contribution in [2.24, 2.45) is 0 Å². The number of rotatable bonds is 3. The van der Waals surface area contributed by atoms with Crippen molar-refractivity contribution in [3.8, 4) is 11.1 Å². The van der Waals surface area contributed by atoms with Gasteiger partial charge in [0.2, 0.25) is 5.91 Å². The van der Waals surface area contributed by atoms with E-state index in [2.05, 4.69) is 0 Å². The molecule has 0 unspecified atom stereocenters. The summed E-state index contributed by atoms with van der Waals surface area (Å²) in [6.45, 7) is 6.33. The van der Waals surface area contributed by atoms with Crippen LogP contribution in [0.4, 0.5) is 9.18 Å². The normalized spacial score (nSPS) is 14.5. The number of hydrogen-bond acceptors (Lipinski definition) is 5. The highest BCUT2D eigenvalue weighted by Crippen LogP contribution is 2.33. The summed E-state index contributed by atoms with van der Waals surface area (Å²) in [6, 6.07) is 6.11. The number of carbonyl (C=O) groups excluding carboxylic acids is 2. The number of benzene rings is 1. The molecule has 0 N–H and O–H groups in total. The van der Waals surface area contributed by atoms with E-state index in [-0.39, 0.29) is 29.7 Å². The SMILES string of the molecule is CC(C)(C)OC(=O)N1CCCN(C(=O)Cn2ccc3scc(-c4ccc(F)c(Cl)c4)c3c2=O)C1. The molecule has 0 saturated carbocycles. The quantitative estimate of drug-likeness (QED) is 0.505. The Morgan fingerprint density at radius 3 is 2.62 bits per heavy atom. The predicted molar refractivity (Wildman–Crippen MR) is 131 cm³/mol. The first kappa shape index (κ1) is 24.2. The zero-order chi connectivity index (χ0) is 24.6. The monoisotopic (exact) mass is 505 g/mol. The second kappa shape index (κ2) is 9.38. The van der Waals surface area contributed by atoms with Crippen molar-refractivity contribution in [3.05, 3.63) is 57.0 Å². The smallest absolute Gasteiger partial charge is 0.411 e. The van der Waals surface area contributed by atoms with Crippen LogP contribution in [0.25, 0.3) is 21.2 Å². The van der Waals surface area contributed by atoms with Gasteiger partial charge in [0.25, 0.3) is 5.56 Å². The molecular weight excluding hydrogens is 481 g/mol. The van der Waals surface area contributed by atoms with E-state index in [1.54, 1.807) is 44.0 Å². The van der Waals surface area contributed by atoms with Crippen LogP contribution in [-0.4, -0.2) is 51.7 Å². The van der Waals surface area contributed by atoms with Crippen molar-refractivity contribution in [2.45, 2.75) is 39.3 Å². The molecule has 34 heavy (non-hydrogen) atoms. The van der Waals surface area contributed by atoms with Crippen molar-refractivity contribution >= 4 is 45.0 Å². The molecule has 2 amide bonds. The van der Waals surface area contributed by atoms with Crippen molar-refractivity contribution < 1.29 is 18.7 Å². The van der Waals surface area contributed by atoms with E-state index in [1.165, 1.54) is 32.9 Å². The summed E-state index contributed by atoms with van der Waals surface area (Å²) in [6.07, 6.45) is 1.75. The molecule has 180 valence electrons. The lowest BCUT2D eigenvalue weighted by Gasteiger charge is -2.36. The molecule has 10 heteroatoms. The maximum Gasteiger partial charge on any atom is 0.411 e. The molecule has 0 radical (unpaired) electrons. The molecule has 1 saturated heterocycles. The molecule has 0 bridgehead atoms. The second-order valence-electron chi connectivity index (χ2n) is 9.16. The van der Waals surface area contributed by atoms with Gasteiger partial charge in [0.05, 0.1) is 17.1 Å². The number of thiophene rings is 1. The number of ether oxygens (including phenoxy) is 1. The molecule has 1 aromatic carbocycles. The Balaban J connectivity index is 1.56. The molecule has 3 aromatic rings. The number of nitrogens with zero attached hydrogens (tertiary/aromatic N) is 3. The van der Waals surface area contributed by atoms with Crippen LogP contribution < -0.4 is 5.56 Å². The van der Waals surface area contributed by atoms with Gasteiger partial charge in [-0.3, -0.25) is 14.5 Å². The van der Waals surface area contributed by atoms with E-state index >= 15 is 0 Å². The standard InChI is InChI=1S/C24H25ClFN3O4S/c1-24(2,3)33-23(32)29-9-4-8-28(14-29)20(30)12-27-10-7-19-21(22(27)31)16(13-34-19)15-5-6-18(26)17(25)11-15/h5-7,10-11,13H,4,8-9,12,14H2,1-3H3. The van der Waals surface area contributed by atoms with Gasteiger partial charge in [-0.2, -0.15) is 0 Å². The first-order chi connectivity index (χ1) is 16.0. The lowest BCUT2D eigenvalue weighted by atomic mass is 10.1. The minimum Gasteiger partial charge on any atom is -0.444 e. The minimum atomic E-state index is -0.626. The summed E-state index contributed by atoms with van der Waals surface area (Å²) in [5.41, 5.74) is 0.327. The van der Waals surface area contributed by atoms with Crippen LogP contribution in [0.5, 0.6) is 0 Å². The van der Waals surface area contributed by atoms with Crippen LogP contribution in [0.1, 0.15) is 27.2 Å². The maximum absolute atomic E-state index is 13.6. The highest BCUT2D eigenvalue weighted by molar-refractivity contribution is 7.17. The third kappa shape index (κ3) is 5.10. The average Bonchev–Trinajstić information content (AvgIpc) is 3.21. The van der Waals surface area contributed by atoms with E-state index in [1.807, 2.05) is 5.38 Å². The van der Waals surface area contributed by atoms with Gasteiger partial charge in [-0.25, -0.2) is 9.18 Å². The highest BCUT2D eigenvalue weighted by Gasteiger charge is 2.28. The highest BCUT2D eigenvalue weighted by atomic mass is 35.5. The van der Waals surface area contributed by atoms with Crippen LogP contribution in [0, 0.1) is 5.82 Å². The Morgan fingerprint density at radius 1 is 1.18 bits per heavy atom. The molecule has 1 aliphatic heterocycles. The van der Waals surface area contributed by atoms with E-state index in [0.717, 1.165) is 4.70 Å². The molecule has 2 aromatic heterocycles. The minimum absolute atomic E-state index is 0.0251. The zero-order valence-electron chi connectivity index (χ0n) is 19.1. The Hall–Kier alpha value is -2.91. The van der Waals surface area contributed by atoms with E-state index in [9.17, 15) is 18.8 Å². The largest absolute Gasteiger partial charge is 0.444 e. The topological polar surface area (TPSA) is 71.8 Å². The summed E-state index contributed by atoms with van der Waals surface area (Å²) in [5.74, 6) is -0.800. The number of aromatic nitrogens is 1.